The molecule has 1 amide bonds. The number of nitrogens with one attached hydrogen (secondary N) is 3. The molecule has 2 aromatic heterocycles. The SMILES string of the molecule is C=C1NC(=O)C/C1=C\c1cnn2c(Nc3ccccc3)nc(NC3CCC(F)(F)CC3)nc12. The molecule has 3 aromatic rings. The van der Waals surface area contributed by atoms with Gasteiger partial charge in [0.25, 0.3) is 0 Å². The standard InChI is InChI=1S/C23H23F2N7O/c1-14-15(12-19(33)27-14)11-16-13-26-32-20(16)30-21(28-18-7-9-23(24,25)10-8-18)31-22(32)29-17-5-3-2-4-6-17/h2-6,11,13,18H,1,7-10,12H2,(H,27,33)(H2,28,29,30,31)/b15-11+. The molecule has 0 unspecified atom stereocenters. The molecule has 0 radical (unpaired) electrons. The van der Waals surface area contributed by atoms with Crippen molar-refractivity contribution >= 4 is 35.2 Å². The summed E-state index contributed by atoms with van der Waals surface area (Å²) in [5.41, 5.74) is 3.34. The first-order chi connectivity index (χ1) is 15.9. The molecule has 1 saturated heterocycles. The summed E-state index contributed by atoms with van der Waals surface area (Å²) in [6, 6.07) is 9.37. The van der Waals surface area contributed by atoms with E-state index in [0.717, 1.165) is 11.3 Å². The van der Waals surface area contributed by atoms with Gasteiger partial charge in [0.15, 0.2) is 5.65 Å². The highest BCUT2D eigenvalue weighted by atomic mass is 19.3. The molecule has 2 aliphatic rings. The van der Waals surface area contributed by atoms with Crippen molar-refractivity contribution in [2.45, 2.75) is 44.1 Å². The van der Waals surface area contributed by atoms with Gasteiger partial charge in [-0.15, -0.1) is 0 Å². The van der Waals surface area contributed by atoms with Gasteiger partial charge in [-0.3, -0.25) is 4.79 Å². The monoisotopic (exact) mass is 451 g/mol. The first-order valence-corrected chi connectivity index (χ1v) is 10.8. The minimum atomic E-state index is -2.61. The number of benzene rings is 1. The number of carbonyl (C=O) groups is 1. The number of allylic oxidation sites excluding steroid dienone is 1. The number of rotatable bonds is 5. The van der Waals surface area contributed by atoms with E-state index >= 15 is 0 Å². The average molecular weight is 451 g/mol. The molecule has 1 saturated carbocycles. The van der Waals surface area contributed by atoms with Crippen molar-refractivity contribution in [2.24, 2.45) is 0 Å². The van der Waals surface area contributed by atoms with Gasteiger partial charge in [-0.2, -0.15) is 19.6 Å². The Labute approximate surface area is 188 Å². The van der Waals surface area contributed by atoms with Gasteiger partial charge in [-0.05, 0) is 36.6 Å². The van der Waals surface area contributed by atoms with Gasteiger partial charge in [0, 0.05) is 35.8 Å². The normalized spacial score (nSPS) is 19.8. The summed E-state index contributed by atoms with van der Waals surface area (Å²) in [6.07, 6.45) is 4.07. The number of alkyl halides is 2. The molecule has 1 aliphatic heterocycles. The van der Waals surface area contributed by atoms with Gasteiger partial charge >= 0.3 is 0 Å². The number of aromatic nitrogens is 4. The number of para-hydroxylation sites is 1. The topological polar surface area (TPSA) is 96.2 Å². The number of fused-ring (bicyclic) bond motifs is 1. The summed E-state index contributed by atoms with van der Waals surface area (Å²) in [7, 11) is 0. The molecule has 3 heterocycles. The molecule has 0 atom stereocenters. The molecular formula is C23H23F2N7O. The van der Waals surface area contributed by atoms with Gasteiger partial charge in [0.1, 0.15) is 0 Å². The van der Waals surface area contributed by atoms with E-state index in [9.17, 15) is 13.6 Å². The number of carbonyl (C=O) groups excluding carboxylic acids is 1. The minimum absolute atomic E-state index is 0.111. The Hall–Kier alpha value is -3.82. The lowest BCUT2D eigenvalue weighted by Gasteiger charge is -2.28. The van der Waals surface area contributed by atoms with Crippen LogP contribution in [-0.2, 0) is 4.79 Å². The molecule has 2 fully saturated rings. The number of hydrogen-bond donors (Lipinski definition) is 3. The van der Waals surface area contributed by atoms with Crippen LogP contribution in [0.15, 0.2) is 54.4 Å². The molecule has 3 N–H and O–H groups in total. The smallest absolute Gasteiger partial charge is 0.248 e. The number of halogens is 2. The van der Waals surface area contributed by atoms with E-state index in [1.165, 1.54) is 0 Å². The first kappa shape index (κ1) is 21.0. The van der Waals surface area contributed by atoms with Crippen molar-refractivity contribution in [3.8, 4) is 0 Å². The predicted molar refractivity (Wildman–Crippen MR) is 121 cm³/mol. The third kappa shape index (κ3) is 4.55. The molecule has 33 heavy (non-hydrogen) atoms. The number of nitrogens with zero attached hydrogens (tertiary/aromatic N) is 4. The molecule has 0 bridgehead atoms. The first-order valence-electron chi connectivity index (χ1n) is 10.8. The van der Waals surface area contributed by atoms with Gasteiger partial charge in [-0.25, -0.2) is 8.78 Å². The molecule has 1 aliphatic carbocycles. The minimum Gasteiger partial charge on any atom is -0.351 e. The van der Waals surface area contributed by atoms with Crippen LogP contribution in [0.3, 0.4) is 0 Å². The Balaban J connectivity index is 1.52. The van der Waals surface area contributed by atoms with Crippen LogP contribution in [0.4, 0.5) is 26.4 Å². The summed E-state index contributed by atoms with van der Waals surface area (Å²) >= 11 is 0. The van der Waals surface area contributed by atoms with E-state index in [1.54, 1.807) is 10.7 Å². The Kier molecular flexibility index (Phi) is 5.27. The fraction of sp³-hybridized carbons (Fsp3) is 0.304. The van der Waals surface area contributed by atoms with Crippen molar-refractivity contribution in [3.05, 3.63) is 59.9 Å². The fourth-order valence-electron chi connectivity index (χ4n) is 4.06. The molecule has 8 nitrogen and oxygen atoms in total. The van der Waals surface area contributed by atoms with E-state index in [0.29, 0.717) is 41.6 Å². The lowest BCUT2D eigenvalue weighted by molar-refractivity contribution is -0.118. The van der Waals surface area contributed by atoms with Crippen LogP contribution in [0.1, 0.15) is 37.7 Å². The van der Waals surface area contributed by atoms with Gasteiger partial charge in [-0.1, -0.05) is 24.8 Å². The van der Waals surface area contributed by atoms with Gasteiger partial charge < -0.3 is 16.0 Å². The maximum Gasteiger partial charge on any atom is 0.248 e. The van der Waals surface area contributed by atoms with Crippen LogP contribution in [0, 0.1) is 0 Å². The highest BCUT2D eigenvalue weighted by Gasteiger charge is 2.35. The molecule has 0 spiro atoms. The number of amides is 1. The van der Waals surface area contributed by atoms with Crippen LogP contribution in [-0.4, -0.2) is 37.5 Å². The van der Waals surface area contributed by atoms with Gasteiger partial charge in [0.2, 0.25) is 23.7 Å². The third-order valence-corrected chi connectivity index (χ3v) is 5.83. The zero-order chi connectivity index (χ0) is 23.0. The zero-order valence-electron chi connectivity index (χ0n) is 17.8. The van der Waals surface area contributed by atoms with Crippen LogP contribution in [0.5, 0.6) is 0 Å². The van der Waals surface area contributed by atoms with E-state index in [-0.39, 0.29) is 31.2 Å². The second-order valence-corrected chi connectivity index (χ2v) is 8.34. The summed E-state index contributed by atoms with van der Waals surface area (Å²) in [6.45, 7) is 3.88. The highest BCUT2D eigenvalue weighted by molar-refractivity contribution is 5.89. The van der Waals surface area contributed by atoms with E-state index in [1.807, 2.05) is 36.4 Å². The molecule has 5 rings (SSSR count). The second-order valence-electron chi connectivity index (χ2n) is 8.34. The molecule has 1 aromatic carbocycles. The second kappa shape index (κ2) is 8.27. The van der Waals surface area contributed by atoms with Crippen molar-refractivity contribution in [2.75, 3.05) is 10.6 Å². The third-order valence-electron chi connectivity index (χ3n) is 5.83. The quantitative estimate of drug-likeness (QED) is 0.536. The Morgan fingerprint density at radius 2 is 1.94 bits per heavy atom. The Morgan fingerprint density at radius 1 is 1.18 bits per heavy atom. The number of hydrogen-bond acceptors (Lipinski definition) is 6. The van der Waals surface area contributed by atoms with Crippen LogP contribution in [0.2, 0.25) is 0 Å². The van der Waals surface area contributed by atoms with Crippen molar-refractivity contribution in [1.29, 1.82) is 0 Å². The number of anilines is 3. The lowest BCUT2D eigenvalue weighted by atomic mass is 9.92. The predicted octanol–water partition coefficient (Wildman–Crippen LogP) is 4.27. The molecule has 10 heteroatoms. The molecular weight excluding hydrogens is 428 g/mol. The zero-order valence-corrected chi connectivity index (χ0v) is 17.8. The van der Waals surface area contributed by atoms with E-state index in [2.05, 4.69) is 37.6 Å². The van der Waals surface area contributed by atoms with E-state index < -0.39 is 5.92 Å². The summed E-state index contributed by atoms with van der Waals surface area (Å²) in [4.78, 5) is 20.9. The Morgan fingerprint density at radius 3 is 2.64 bits per heavy atom. The average Bonchev–Trinajstić information content (AvgIpc) is 3.33. The van der Waals surface area contributed by atoms with Crippen LogP contribution in [0.25, 0.3) is 11.7 Å². The maximum atomic E-state index is 13.6. The summed E-state index contributed by atoms with van der Waals surface area (Å²) in [5.74, 6) is -1.96. The summed E-state index contributed by atoms with van der Waals surface area (Å²) < 4.78 is 28.7. The van der Waals surface area contributed by atoms with Crippen molar-refractivity contribution < 1.29 is 13.6 Å². The fourth-order valence-corrected chi connectivity index (χ4v) is 4.06. The largest absolute Gasteiger partial charge is 0.351 e. The van der Waals surface area contributed by atoms with Gasteiger partial charge in [0.05, 0.1) is 12.6 Å². The van der Waals surface area contributed by atoms with Crippen molar-refractivity contribution in [1.82, 2.24) is 24.9 Å². The maximum absolute atomic E-state index is 13.6. The lowest BCUT2D eigenvalue weighted by Crippen LogP contribution is -2.32. The van der Waals surface area contributed by atoms with Crippen LogP contribution < -0.4 is 16.0 Å². The summed E-state index contributed by atoms with van der Waals surface area (Å²) in [5, 5.41) is 13.6. The van der Waals surface area contributed by atoms with Crippen molar-refractivity contribution in [3.63, 3.8) is 0 Å². The van der Waals surface area contributed by atoms with Crippen LogP contribution >= 0.6 is 0 Å². The highest BCUT2D eigenvalue weighted by Crippen LogP contribution is 2.34. The van der Waals surface area contributed by atoms with E-state index in [4.69, 9.17) is 0 Å². The Bertz CT molecular complexity index is 1240. The molecule has 170 valence electrons.